The van der Waals surface area contributed by atoms with Crippen LogP contribution in [0.2, 0.25) is 0 Å². The third kappa shape index (κ3) is 51.9. The van der Waals surface area contributed by atoms with Crippen LogP contribution in [0.3, 0.4) is 0 Å². The summed E-state index contributed by atoms with van der Waals surface area (Å²) < 4.78 is 16.8. The number of rotatable bonds is 50. The van der Waals surface area contributed by atoms with Crippen LogP contribution in [0.1, 0.15) is 278 Å². The summed E-state index contributed by atoms with van der Waals surface area (Å²) in [5.41, 5.74) is 0. The number of hydrogen-bond acceptors (Lipinski definition) is 6. The zero-order valence-corrected chi connectivity index (χ0v) is 43.0. The molecule has 376 valence electrons. The van der Waals surface area contributed by atoms with Crippen molar-refractivity contribution >= 4 is 17.9 Å². The number of esters is 3. The lowest BCUT2D eigenvalue weighted by Gasteiger charge is -2.18. The standard InChI is InChI=1S/C59H104O6/c1-4-7-10-13-16-19-22-25-27-29-30-31-33-34-37-40-43-46-49-52-58(61)64-55-56(54-63-57(60)51-48-45-42-39-36-24-21-18-15-12-9-6-3)65-59(62)53-50-47-44-41-38-35-32-28-26-23-20-17-14-11-8-5-2/h16,19,25,27-28,30-32,34,37,56H,4-15,17-18,20-24,26,29,33,35-36,38-55H2,1-3H3/b19-16-,27-25-,31-30-,32-28-,37-34-/t56-/m1/s1. The Morgan fingerprint density at radius 3 is 0.923 bits per heavy atom. The molecule has 0 rings (SSSR count). The van der Waals surface area contributed by atoms with Crippen LogP contribution in [0.15, 0.2) is 60.8 Å². The Labute approximate surface area is 402 Å². The predicted octanol–water partition coefficient (Wildman–Crippen LogP) is 18.4. The lowest BCUT2D eigenvalue weighted by atomic mass is 10.0. The van der Waals surface area contributed by atoms with Crippen LogP contribution in [-0.4, -0.2) is 37.2 Å². The molecule has 65 heavy (non-hydrogen) atoms. The van der Waals surface area contributed by atoms with E-state index in [1.807, 2.05) is 0 Å². The highest BCUT2D eigenvalue weighted by atomic mass is 16.6. The van der Waals surface area contributed by atoms with Gasteiger partial charge in [-0.2, -0.15) is 0 Å². The van der Waals surface area contributed by atoms with Gasteiger partial charge >= 0.3 is 17.9 Å². The maximum Gasteiger partial charge on any atom is 0.306 e. The lowest BCUT2D eigenvalue weighted by Crippen LogP contribution is -2.30. The molecule has 6 nitrogen and oxygen atoms in total. The van der Waals surface area contributed by atoms with Crippen LogP contribution >= 0.6 is 0 Å². The fraction of sp³-hybridized carbons (Fsp3) is 0.780. The minimum absolute atomic E-state index is 0.0857. The first kappa shape index (κ1) is 62.1. The van der Waals surface area contributed by atoms with Crippen molar-refractivity contribution in [2.24, 2.45) is 0 Å². The van der Waals surface area contributed by atoms with Crippen molar-refractivity contribution in [3.8, 4) is 0 Å². The minimum Gasteiger partial charge on any atom is -0.462 e. The van der Waals surface area contributed by atoms with Gasteiger partial charge < -0.3 is 14.2 Å². The molecule has 0 aliphatic carbocycles. The monoisotopic (exact) mass is 909 g/mol. The molecule has 0 spiro atoms. The van der Waals surface area contributed by atoms with E-state index in [1.54, 1.807) is 0 Å². The summed E-state index contributed by atoms with van der Waals surface area (Å²) in [5, 5.41) is 0. The van der Waals surface area contributed by atoms with E-state index < -0.39 is 6.10 Å². The van der Waals surface area contributed by atoms with Crippen LogP contribution < -0.4 is 0 Å². The first-order chi connectivity index (χ1) is 32.0. The average Bonchev–Trinajstić information content (AvgIpc) is 3.30. The van der Waals surface area contributed by atoms with Gasteiger partial charge in [-0.05, 0) is 89.9 Å². The van der Waals surface area contributed by atoms with Crippen molar-refractivity contribution in [1.82, 2.24) is 0 Å². The Hall–Kier alpha value is -2.89. The number of carbonyl (C=O) groups excluding carboxylic acids is 3. The summed E-state index contributed by atoms with van der Waals surface area (Å²) in [5.74, 6) is -0.918. The number of hydrogen-bond donors (Lipinski definition) is 0. The predicted molar refractivity (Wildman–Crippen MR) is 279 cm³/mol. The molecule has 0 bridgehead atoms. The highest BCUT2D eigenvalue weighted by Crippen LogP contribution is 2.15. The largest absolute Gasteiger partial charge is 0.462 e. The average molecular weight is 909 g/mol. The molecule has 0 unspecified atom stereocenters. The Kier molecular flexibility index (Phi) is 51.3. The van der Waals surface area contributed by atoms with Crippen molar-refractivity contribution in [1.29, 1.82) is 0 Å². The number of carbonyl (C=O) groups is 3. The highest BCUT2D eigenvalue weighted by molar-refractivity contribution is 5.71. The molecule has 0 aromatic rings. The molecule has 0 heterocycles. The Morgan fingerprint density at radius 2 is 0.554 bits per heavy atom. The van der Waals surface area contributed by atoms with Gasteiger partial charge in [0.1, 0.15) is 13.2 Å². The van der Waals surface area contributed by atoms with Crippen LogP contribution in [-0.2, 0) is 28.6 Å². The van der Waals surface area contributed by atoms with Gasteiger partial charge in [-0.15, -0.1) is 0 Å². The maximum absolute atomic E-state index is 12.8. The van der Waals surface area contributed by atoms with E-state index in [9.17, 15) is 14.4 Å². The third-order valence-corrected chi connectivity index (χ3v) is 12.0. The first-order valence-corrected chi connectivity index (χ1v) is 27.8. The van der Waals surface area contributed by atoms with Gasteiger partial charge in [-0.25, -0.2) is 0 Å². The zero-order chi connectivity index (χ0) is 47.2. The van der Waals surface area contributed by atoms with Crippen molar-refractivity contribution in [3.05, 3.63) is 60.8 Å². The summed E-state index contributed by atoms with van der Waals surface area (Å²) >= 11 is 0. The van der Waals surface area contributed by atoms with Crippen LogP contribution in [0, 0.1) is 0 Å². The van der Waals surface area contributed by atoms with E-state index in [0.717, 1.165) is 96.3 Å². The molecule has 0 radical (unpaired) electrons. The summed E-state index contributed by atoms with van der Waals surface area (Å²) in [6.07, 6.45) is 66.3. The van der Waals surface area contributed by atoms with Gasteiger partial charge in [-0.3, -0.25) is 14.4 Å². The summed E-state index contributed by atoms with van der Waals surface area (Å²) in [6, 6.07) is 0. The summed E-state index contributed by atoms with van der Waals surface area (Å²) in [4.78, 5) is 38.1. The number of ether oxygens (including phenoxy) is 3. The zero-order valence-electron chi connectivity index (χ0n) is 43.0. The highest BCUT2D eigenvalue weighted by Gasteiger charge is 2.19. The smallest absolute Gasteiger partial charge is 0.306 e. The molecule has 0 saturated heterocycles. The molecule has 0 aromatic heterocycles. The van der Waals surface area contributed by atoms with Crippen molar-refractivity contribution in [2.45, 2.75) is 284 Å². The summed E-state index contributed by atoms with van der Waals surface area (Å²) in [6.45, 7) is 6.59. The van der Waals surface area contributed by atoms with Gasteiger partial charge in [0.05, 0.1) is 0 Å². The maximum atomic E-state index is 12.8. The molecule has 6 heteroatoms. The van der Waals surface area contributed by atoms with Gasteiger partial charge in [0.15, 0.2) is 6.10 Å². The molecule has 0 aliphatic rings. The van der Waals surface area contributed by atoms with E-state index in [4.69, 9.17) is 14.2 Å². The molecular formula is C59H104O6. The first-order valence-electron chi connectivity index (χ1n) is 27.8. The molecular weight excluding hydrogens is 805 g/mol. The third-order valence-electron chi connectivity index (χ3n) is 12.0. The van der Waals surface area contributed by atoms with Gasteiger partial charge in [0, 0.05) is 19.3 Å². The Balaban J connectivity index is 4.42. The van der Waals surface area contributed by atoms with Crippen molar-refractivity contribution < 1.29 is 28.6 Å². The van der Waals surface area contributed by atoms with Crippen LogP contribution in [0.4, 0.5) is 0 Å². The van der Waals surface area contributed by atoms with E-state index in [1.165, 1.54) is 141 Å². The minimum atomic E-state index is -0.789. The van der Waals surface area contributed by atoms with E-state index in [0.29, 0.717) is 19.3 Å². The van der Waals surface area contributed by atoms with Gasteiger partial charge in [-0.1, -0.05) is 229 Å². The topological polar surface area (TPSA) is 78.9 Å². The Morgan fingerprint density at radius 1 is 0.308 bits per heavy atom. The second kappa shape index (κ2) is 53.7. The second-order valence-electron chi connectivity index (χ2n) is 18.5. The molecule has 0 fully saturated rings. The number of unbranched alkanes of at least 4 members (excludes halogenated alkanes) is 29. The molecule has 0 aliphatic heterocycles. The molecule has 0 aromatic carbocycles. The normalized spacial score (nSPS) is 12.5. The Bertz CT molecular complexity index is 1180. The molecule has 0 amide bonds. The second-order valence-corrected chi connectivity index (χ2v) is 18.5. The lowest BCUT2D eigenvalue weighted by molar-refractivity contribution is -0.167. The molecule has 0 saturated carbocycles. The van der Waals surface area contributed by atoms with Gasteiger partial charge in [0.25, 0.3) is 0 Å². The van der Waals surface area contributed by atoms with Gasteiger partial charge in [0.2, 0.25) is 0 Å². The SMILES string of the molecule is CCCCC/C=C\C/C=C\C/C=C\C/C=C\CCCCCC(=O)OC[C@@H](COC(=O)CCCCCCCCCCCCCC)OC(=O)CCCCCCC/C=C\CCCCCCCCC. The fourth-order valence-electron chi connectivity index (χ4n) is 7.77. The number of allylic oxidation sites excluding steroid dienone is 10. The van der Waals surface area contributed by atoms with Crippen molar-refractivity contribution in [2.75, 3.05) is 13.2 Å². The molecule has 0 N–H and O–H groups in total. The van der Waals surface area contributed by atoms with Crippen LogP contribution in [0.5, 0.6) is 0 Å². The van der Waals surface area contributed by atoms with E-state index >= 15 is 0 Å². The summed E-state index contributed by atoms with van der Waals surface area (Å²) in [7, 11) is 0. The van der Waals surface area contributed by atoms with Crippen LogP contribution in [0.25, 0.3) is 0 Å². The van der Waals surface area contributed by atoms with E-state index in [-0.39, 0.29) is 31.1 Å². The van der Waals surface area contributed by atoms with Crippen molar-refractivity contribution in [3.63, 3.8) is 0 Å². The van der Waals surface area contributed by atoms with E-state index in [2.05, 4.69) is 81.5 Å². The molecule has 1 atom stereocenters. The quantitative estimate of drug-likeness (QED) is 0.0262. The fourth-order valence-corrected chi connectivity index (χ4v) is 7.77.